The summed E-state index contributed by atoms with van der Waals surface area (Å²) in [5, 5.41) is 9.29. The van der Waals surface area contributed by atoms with Crippen LogP contribution in [0.4, 0.5) is 0 Å². The second kappa shape index (κ2) is 4.86. The second-order valence-electron chi connectivity index (χ2n) is 3.40. The lowest BCUT2D eigenvalue weighted by Crippen LogP contribution is -1.88. The van der Waals surface area contributed by atoms with Crippen LogP contribution in [0.15, 0.2) is 36.5 Å². The van der Waals surface area contributed by atoms with Gasteiger partial charge in [-0.05, 0) is 18.2 Å². The van der Waals surface area contributed by atoms with Crippen molar-refractivity contribution in [1.29, 1.82) is 5.26 Å². The molecule has 0 N–H and O–H groups in total. The fraction of sp³-hybridized carbons (Fsp3) is 0.0769. The zero-order chi connectivity index (χ0) is 12.3. The van der Waals surface area contributed by atoms with Crippen LogP contribution in [0.3, 0.4) is 0 Å². The first kappa shape index (κ1) is 11.4. The van der Waals surface area contributed by atoms with Crippen molar-refractivity contribution in [2.45, 2.75) is 0 Å². The molecule has 0 radical (unpaired) electrons. The molecule has 0 aliphatic rings. The summed E-state index contributed by atoms with van der Waals surface area (Å²) in [4.78, 5) is 4.11. The summed E-state index contributed by atoms with van der Waals surface area (Å²) >= 11 is 6.11. The minimum absolute atomic E-state index is 0.538. The first-order valence-corrected chi connectivity index (χ1v) is 5.32. The van der Waals surface area contributed by atoms with E-state index in [0.717, 1.165) is 11.1 Å². The molecular formula is C13H9ClN2O. The molecule has 2 rings (SSSR count). The van der Waals surface area contributed by atoms with E-state index in [4.69, 9.17) is 21.6 Å². The highest BCUT2D eigenvalue weighted by Crippen LogP contribution is 2.28. The third-order valence-electron chi connectivity index (χ3n) is 2.35. The second-order valence-corrected chi connectivity index (χ2v) is 3.80. The predicted octanol–water partition coefficient (Wildman–Crippen LogP) is 3.28. The highest BCUT2D eigenvalue weighted by atomic mass is 35.5. The fourth-order valence-corrected chi connectivity index (χ4v) is 1.77. The molecule has 0 saturated heterocycles. The lowest BCUT2D eigenvalue weighted by Gasteiger charge is -2.05. The molecule has 0 bridgehead atoms. The van der Waals surface area contributed by atoms with E-state index in [0.29, 0.717) is 16.5 Å². The van der Waals surface area contributed by atoms with Crippen LogP contribution in [0, 0.1) is 11.3 Å². The van der Waals surface area contributed by atoms with E-state index in [9.17, 15) is 0 Å². The topological polar surface area (TPSA) is 45.9 Å². The van der Waals surface area contributed by atoms with Gasteiger partial charge < -0.3 is 4.74 Å². The number of nitrogens with zero attached hydrogens (tertiary/aromatic N) is 2. The molecule has 0 aliphatic heterocycles. The molecule has 17 heavy (non-hydrogen) atoms. The summed E-state index contributed by atoms with van der Waals surface area (Å²) in [5.74, 6) is 0.554. The predicted molar refractivity (Wildman–Crippen MR) is 66.0 cm³/mol. The summed E-state index contributed by atoms with van der Waals surface area (Å²) in [6, 6.07) is 10.9. The average molecular weight is 245 g/mol. The van der Waals surface area contributed by atoms with Gasteiger partial charge in [-0.25, -0.2) is 4.98 Å². The maximum Gasteiger partial charge on any atom is 0.212 e. The smallest absolute Gasteiger partial charge is 0.212 e. The van der Waals surface area contributed by atoms with Gasteiger partial charge in [0.2, 0.25) is 5.88 Å². The molecule has 1 aromatic carbocycles. The van der Waals surface area contributed by atoms with Gasteiger partial charge in [0.25, 0.3) is 0 Å². The van der Waals surface area contributed by atoms with Crippen molar-refractivity contribution >= 4 is 11.6 Å². The zero-order valence-corrected chi connectivity index (χ0v) is 9.90. The van der Waals surface area contributed by atoms with Gasteiger partial charge in [0, 0.05) is 28.4 Å². The Hall–Kier alpha value is -2.05. The molecule has 0 fully saturated rings. The van der Waals surface area contributed by atoms with E-state index in [1.807, 2.05) is 18.2 Å². The van der Waals surface area contributed by atoms with Gasteiger partial charge in [-0.3, -0.25) is 0 Å². The van der Waals surface area contributed by atoms with Gasteiger partial charge >= 0.3 is 0 Å². The largest absolute Gasteiger partial charge is 0.481 e. The molecule has 4 heteroatoms. The maximum absolute atomic E-state index is 8.75. The van der Waals surface area contributed by atoms with Crippen LogP contribution >= 0.6 is 11.6 Å². The molecule has 1 aromatic heterocycles. The van der Waals surface area contributed by atoms with Crippen LogP contribution < -0.4 is 4.74 Å². The minimum atomic E-state index is 0.538. The van der Waals surface area contributed by atoms with Gasteiger partial charge in [-0.1, -0.05) is 17.7 Å². The van der Waals surface area contributed by atoms with E-state index in [-0.39, 0.29) is 0 Å². The van der Waals surface area contributed by atoms with E-state index >= 15 is 0 Å². The Balaban J connectivity index is 2.42. The Kier molecular flexibility index (Phi) is 3.27. The number of aromatic nitrogens is 1. The van der Waals surface area contributed by atoms with E-state index < -0.39 is 0 Å². The Labute approximate surface area is 104 Å². The molecule has 0 saturated carbocycles. The Morgan fingerprint density at radius 3 is 2.65 bits per heavy atom. The molecule has 0 atom stereocenters. The first-order chi connectivity index (χ1) is 8.24. The number of hydrogen-bond acceptors (Lipinski definition) is 3. The molecule has 1 heterocycles. The van der Waals surface area contributed by atoms with Crippen LogP contribution in [0.5, 0.6) is 5.88 Å². The molecule has 0 spiro atoms. The number of ether oxygens (including phenoxy) is 1. The normalized spacial score (nSPS) is 9.71. The number of pyridine rings is 1. The van der Waals surface area contributed by atoms with Crippen molar-refractivity contribution in [3.63, 3.8) is 0 Å². The SMILES string of the molecule is COc1ccc(-c2ccc(C#N)cc2Cl)cn1. The third kappa shape index (κ3) is 2.38. The van der Waals surface area contributed by atoms with Crippen LogP contribution in [0.2, 0.25) is 5.02 Å². The van der Waals surface area contributed by atoms with Gasteiger partial charge in [0.1, 0.15) is 0 Å². The summed E-state index contributed by atoms with van der Waals surface area (Å²) < 4.78 is 4.98. The van der Waals surface area contributed by atoms with Crippen LogP contribution in [0.25, 0.3) is 11.1 Å². The van der Waals surface area contributed by atoms with E-state index in [1.165, 1.54) is 0 Å². The van der Waals surface area contributed by atoms with Gasteiger partial charge in [0.15, 0.2) is 0 Å². The lowest BCUT2D eigenvalue weighted by atomic mass is 10.1. The van der Waals surface area contributed by atoms with Crippen molar-refractivity contribution in [2.24, 2.45) is 0 Å². The molecule has 0 aliphatic carbocycles. The number of rotatable bonds is 2. The zero-order valence-electron chi connectivity index (χ0n) is 9.14. The summed E-state index contributed by atoms with van der Waals surface area (Å²) in [6.45, 7) is 0. The molecule has 84 valence electrons. The lowest BCUT2D eigenvalue weighted by molar-refractivity contribution is 0.398. The summed E-state index contributed by atoms with van der Waals surface area (Å²) in [5.41, 5.74) is 2.28. The number of halogens is 1. The molecular weight excluding hydrogens is 236 g/mol. The van der Waals surface area contributed by atoms with Gasteiger partial charge in [0.05, 0.1) is 18.7 Å². The van der Waals surface area contributed by atoms with Crippen LogP contribution in [0.1, 0.15) is 5.56 Å². The summed E-state index contributed by atoms with van der Waals surface area (Å²) in [7, 11) is 1.57. The minimum Gasteiger partial charge on any atom is -0.481 e. The number of nitriles is 1. The van der Waals surface area contributed by atoms with Gasteiger partial charge in [-0.15, -0.1) is 0 Å². The van der Waals surface area contributed by atoms with Gasteiger partial charge in [-0.2, -0.15) is 5.26 Å². The maximum atomic E-state index is 8.75. The standard InChI is InChI=1S/C13H9ClN2O/c1-17-13-5-3-10(8-16-13)11-4-2-9(7-15)6-12(11)14/h2-6,8H,1H3. The third-order valence-corrected chi connectivity index (χ3v) is 2.67. The number of benzene rings is 1. The first-order valence-electron chi connectivity index (χ1n) is 4.94. The highest BCUT2D eigenvalue weighted by Gasteiger charge is 2.05. The monoisotopic (exact) mass is 244 g/mol. The van der Waals surface area contributed by atoms with Crippen molar-refractivity contribution in [3.8, 4) is 23.1 Å². The Morgan fingerprint density at radius 2 is 2.12 bits per heavy atom. The van der Waals surface area contributed by atoms with E-state index in [2.05, 4.69) is 4.98 Å². The highest BCUT2D eigenvalue weighted by molar-refractivity contribution is 6.33. The number of methoxy groups -OCH3 is 1. The summed E-state index contributed by atoms with van der Waals surface area (Å²) in [6.07, 6.45) is 1.69. The molecule has 3 nitrogen and oxygen atoms in total. The quantitative estimate of drug-likeness (QED) is 0.814. The molecule has 2 aromatic rings. The Morgan fingerprint density at radius 1 is 1.29 bits per heavy atom. The molecule has 0 amide bonds. The van der Waals surface area contributed by atoms with E-state index in [1.54, 1.807) is 31.5 Å². The number of hydrogen-bond donors (Lipinski definition) is 0. The van der Waals surface area contributed by atoms with Crippen molar-refractivity contribution < 1.29 is 4.74 Å². The van der Waals surface area contributed by atoms with Crippen LogP contribution in [-0.2, 0) is 0 Å². The van der Waals surface area contributed by atoms with Crippen molar-refractivity contribution in [2.75, 3.05) is 7.11 Å². The van der Waals surface area contributed by atoms with Crippen molar-refractivity contribution in [1.82, 2.24) is 4.98 Å². The van der Waals surface area contributed by atoms with Crippen molar-refractivity contribution in [3.05, 3.63) is 47.1 Å². The molecule has 0 unspecified atom stereocenters. The Bertz CT molecular complexity index is 573. The fourth-order valence-electron chi connectivity index (χ4n) is 1.48. The van der Waals surface area contributed by atoms with Crippen LogP contribution in [-0.4, -0.2) is 12.1 Å². The average Bonchev–Trinajstić information content (AvgIpc) is 2.39.